The van der Waals surface area contributed by atoms with E-state index in [9.17, 15) is 15.0 Å². The van der Waals surface area contributed by atoms with E-state index in [4.69, 9.17) is 22.7 Å². The molecule has 0 fully saturated rings. The van der Waals surface area contributed by atoms with Gasteiger partial charge in [-0.15, -0.1) is 0 Å². The van der Waals surface area contributed by atoms with Gasteiger partial charge < -0.3 is 25.6 Å². The molecule has 0 saturated carbocycles. The first kappa shape index (κ1) is 16.2. The van der Waals surface area contributed by atoms with Gasteiger partial charge in [0, 0.05) is 32.7 Å². The number of nitrogens with two attached hydrogens (primary N) is 1. The second-order valence-electron chi connectivity index (χ2n) is 4.20. The SMILES string of the molecule is COCCN(CCC(N)=S)C(=O)c1ccc(O)cc1O. The lowest BCUT2D eigenvalue weighted by molar-refractivity contribution is 0.0698. The molecule has 6 nitrogen and oxygen atoms in total. The summed E-state index contributed by atoms with van der Waals surface area (Å²) >= 11 is 4.80. The maximum atomic E-state index is 12.3. The Morgan fingerprint density at radius 2 is 2.10 bits per heavy atom. The highest BCUT2D eigenvalue weighted by atomic mass is 32.1. The molecule has 0 atom stereocenters. The zero-order valence-electron chi connectivity index (χ0n) is 11.2. The quantitative estimate of drug-likeness (QED) is 0.646. The third kappa shape index (κ3) is 4.67. The van der Waals surface area contributed by atoms with E-state index in [0.29, 0.717) is 31.1 Å². The number of rotatable bonds is 7. The Morgan fingerprint density at radius 3 is 2.65 bits per heavy atom. The van der Waals surface area contributed by atoms with Gasteiger partial charge in [0.2, 0.25) is 0 Å². The van der Waals surface area contributed by atoms with Gasteiger partial charge in [0.25, 0.3) is 5.91 Å². The van der Waals surface area contributed by atoms with Gasteiger partial charge in [0.15, 0.2) is 0 Å². The molecule has 110 valence electrons. The van der Waals surface area contributed by atoms with Gasteiger partial charge in [-0.2, -0.15) is 0 Å². The van der Waals surface area contributed by atoms with Gasteiger partial charge in [-0.3, -0.25) is 4.79 Å². The predicted molar refractivity (Wildman–Crippen MR) is 79.0 cm³/mol. The molecule has 0 aliphatic rings. The van der Waals surface area contributed by atoms with Crippen molar-refractivity contribution in [2.24, 2.45) is 5.73 Å². The molecule has 0 unspecified atom stereocenters. The van der Waals surface area contributed by atoms with Gasteiger partial charge in [0.05, 0.1) is 17.2 Å². The van der Waals surface area contributed by atoms with Crippen LogP contribution in [0, 0.1) is 0 Å². The number of phenols is 2. The van der Waals surface area contributed by atoms with Crippen LogP contribution in [0.5, 0.6) is 11.5 Å². The van der Waals surface area contributed by atoms with Crippen molar-refractivity contribution in [1.82, 2.24) is 4.90 Å². The van der Waals surface area contributed by atoms with Gasteiger partial charge in [-0.1, -0.05) is 12.2 Å². The van der Waals surface area contributed by atoms with Crippen LogP contribution in [-0.2, 0) is 4.74 Å². The fourth-order valence-corrected chi connectivity index (χ4v) is 1.72. The molecule has 1 aromatic rings. The molecule has 0 aliphatic carbocycles. The number of amides is 1. The number of hydrogen-bond donors (Lipinski definition) is 3. The fourth-order valence-electron chi connectivity index (χ4n) is 1.63. The fraction of sp³-hybridized carbons (Fsp3) is 0.385. The zero-order valence-corrected chi connectivity index (χ0v) is 12.0. The largest absolute Gasteiger partial charge is 0.508 e. The Bertz CT molecular complexity index is 493. The van der Waals surface area contributed by atoms with E-state index in [0.717, 1.165) is 6.07 Å². The molecule has 0 saturated heterocycles. The molecule has 20 heavy (non-hydrogen) atoms. The Hall–Kier alpha value is -1.86. The monoisotopic (exact) mass is 298 g/mol. The summed E-state index contributed by atoms with van der Waals surface area (Å²) < 4.78 is 4.95. The average molecular weight is 298 g/mol. The summed E-state index contributed by atoms with van der Waals surface area (Å²) in [5.41, 5.74) is 5.55. The van der Waals surface area contributed by atoms with Crippen molar-refractivity contribution in [3.8, 4) is 11.5 Å². The number of phenolic OH excluding ortho intramolecular Hbond substituents is 2. The minimum atomic E-state index is -0.365. The van der Waals surface area contributed by atoms with E-state index in [1.54, 1.807) is 0 Å². The van der Waals surface area contributed by atoms with Gasteiger partial charge >= 0.3 is 0 Å². The molecule has 0 aliphatic heterocycles. The zero-order chi connectivity index (χ0) is 15.1. The Balaban J connectivity index is 2.87. The van der Waals surface area contributed by atoms with Crippen molar-refractivity contribution in [3.63, 3.8) is 0 Å². The minimum absolute atomic E-state index is 0.106. The highest BCUT2D eigenvalue weighted by molar-refractivity contribution is 7.80. The highest BCUT2D eigenvalue weighted by Crippen LogP contribution is 2.23. The van der Waals surface area contributed by atoms with E-state index < -0.39 is 0 Å². The van der Waals surface area contributed by atoms with E-state index in [1.165, 1.54) is 24.1 Å². The normalized spacial score (nSPS) is 10.2. The number of methoxy groups -OCH3 is 1. The van der Waals surface area contributed by atoms with Crippen LogP contribution in [0.2, 0.25) is 0 Å². The summed E-state index contributed by atoms with van der Waals surface area (Å²) in [4.78, 5) is 14.1. The van der Waals surface area contributed by atoms with Crippen LogP contribution >= 0.6 is 12.2 Å². The number of ether oxygens (including phenoxy) is 1. The van der Waals surface area contributed by atoms with E-state index >= 15 is 0 Å². The average Bonchev–Trinajstić information content (AvgIpc) is 2.38. The number of hydrogen-bond acceptors (Lipinski definition) is 5. The summed E-state index contributed by atoms with van der Waals surface area (Å²) in [5, 5.41) is 19.0. The first-order valence-electron chi connectivity index (χ1n) is 6.04. The van der Waals surface area contributed by atoms with Crippen molar-refractivity contribution in [2.75, 3.05) is 26.8 Å². The summed E-state index contributed by atoms with van der Waals surface area (Å²) in [7, 11) is 1.54. The van der Waals surface area contributed by atoms with Crippen LogP contribution in [0.3, 0.4) is 0 Å². The number of carbonyl (C=O) groups excluding carboxylic acids is 1. The summed E-state index contributed by atoms with van der Waals surface area (Å²) in [6.45, 7) is 1.07. The Labute approximate surface area is 122 Å². The van der Waals surface area contributed by atoms with Crippen LogP contribution in [0.1, 0.15) is 16.8 Å². The topological polar surface area (TPSA) is 96.0 Å². The number of benzene rings is 1. The molecular weight excluding hydrogens is 280 g/mol. The first-order chi connectivity index (χ1) is 9.45. The lowest BCUT2D eigenvalue weighted by Crippen LogP contribution is -2.36. The Kier molecular flexibility index (Phi) is 6.20. The van der Waals surface area contributed by atoms with E-state index in [2.05, 4.69) is 0 Å². The van der Waals surface area contributed by atoms with Crippen molar-refractivity contribution in [3.05, 3.63) is 23.8 Å². The third-order valence-electron chi connectivity index (χ3n) is 2.69. The molecule has 7 heteroatoms. The molecule has 1 aromatic carbocycles. The number of aromatic hydroxyl groups is 2. The smallest absolute Gasteiger partial charge is 0.257 e. The second-order valence-corrected chi connectivity index (χ2v) is 4.73. The highest BCUT2D eigenvalue weighted by Gasteiger charge is 2.19. The predicted octanol–water partition coefficient (Wildman–Crippen LogP) is 0.863. The van der Waals surface area contributed by atoms with E-state index in [1.807, 2.05) is 0 Å². The molecule has 1 amide bonds. The van der Waals surface area contributed by atoms with Crippen LogP contribution in [0.15, 0.2) is 18.2 Å². The third-order valence-corrected chi connectivity index (χ3v) is 2.90. The van der Waals surface area contributed by atoms with Crippen LogP contribution < -0.4 is 5.73 Å². The molecule has 4 N–H and O–H groups in total. The molecule has 0 aromatic heterocycles. The maximum absolute atomic E-state index is 12.3. The molecule has 1 rings (SSSR count). The van der Waals surface area contributed by atoms with Crippen molar-refractivity contribution < 1.29 is 19.7 Å². The number of thiocarbonyl (C=S) groups is 1. The standard InChI is InChI=1S/C13H18N2O4S/c1-19-7-6-15(5-4-12(14)20)13(18)10-3-2-9(16)8-11(10)17/h2-3,8,16-17H,4-7H2,1H3,(H2,14,20). The molecule has 0 heterocycles. The van der Waals surface area contributed by atoms with Crippen molar-refractivity contribution in [1.29, 1.82) is 0 Å². The summed E-state index contributed by atoms with van der Waals surface area (Å²) in [6.07, 6.45) is 0.392. The van der Waals surface area contributed by atoms with Crippen LogP contribution in [0.25, 0.3) is 0 Å². The molecule has 0 radical (unpaired) electrons. The van der Waals surface area contributed by atoms with Crippen LogP contribution in [0.4, 0.5) is 0 Å². The van der Waals surface area contributed by atoms with Crippen molar-refractivity contribution in [2.45, 2.75) is 6.42 Å². The molecule has 0 bridgehead atoms. The summed E-state index contributed by atoms with van der Waals surface area (Å²) in [5.74, 6) is -0.742. The lowest BCUT2D eigenvalue weighted by atomic mass is 10.1. The number of carbonyl (C=O) groups is 1. The van der Waals surface area contributed by atoms with E-state index in [-0.39, 0.29) is 23.0 Å². The molecule has 0 spiro atoms. The van der Waals surface area contributed by atoms with Gasteiger partial charge in [-0.25, -0.2) is 0 Å². The van der Waals surface area contributed by atoms with Crippen LogP contribution in [-0.4, -0.2) is 52.8 Å². The minimum Gasteiger partial charge on any atom is -0.508 e. The Morgan fingerprint density at radius 1 is 1.40 bits per heavy atom. The summed E-state index contributed by atoms with van der Waals surface area (Å²) in [6, 6.07) is 3.83. The number of nitrogens with zero attached hydrogens (tertiary/aromatic N) is 1. The van der Waals surface area contributed by atoms with Gasteiger partial charge in [-0.05, 0) is 12.1 Å². The van der Waals surface area contributed by atoms with Gasteiger partial charge in [0.1, 0.15) is 11.5 Å². The molecular formula is C13H18N2O4S. The van der Waals surface area contributed by atoms with Crippen molar-refractivity contribution >= 4 is 23.1 Å². The second kappa shape index (κ2) is 7.66. The first-order valence-corrected chi connectivity index (χ1v) is 6.45. The lowest BCUT2D eigenvalue weighted by Gasteiger charge is -2.22. The maximum Gasteiger partial charge on any atom is 0.257 e.